The van der Waals surface area contributed by atoms with Gasteiger partial charge in [0.15, 0.2) is 0 Å². The van der Waals surface area contributed by atoms with Crippen LogP contribution in [0.4, 0.5) is 8.78 Å². The Bertz CT molecular complexity index is 504. The van der Waals surface area contributed by atoms with E-state index in [0.717, 1.165) is 18.4 Å². The summed E-state index contributed by atoms with van der Waals surface area (Å²) in [7, 11) is 0. The fraction of sp³-hybridized carbons (Fsp3) is 0.500. The predicted octanol–water partition coefficient (Wildman–Crippen LogP) is 1.79. The number of benzene rings is 1. The Morgan fingerprint density at radius 2 is 2.16 bits per heavy atom. The minimum atomic E-state index is -2.77. The number of carbonyl (C=O) groups excluding carboxylic acids is 1. The van der Waals surface area contributed by atoms with Crippen LogP contribution in [0.2, 0.25) is 0 Å². The van der Waals surface area contributed by atoms with Gasteiger partial charge in [-0.3, -0.25) is 10.1 Å². The first-order valence-electron chi connectivity index (χ1n) is 6.54. The first kappa shape index (κ1) is 12.5. The van der Waals surface area contributed by atoms with E-state index in [0.29, 0.717) is 0 Å². The summed E-state index contributed by atoms with van der Waals surface area (Å²) in [5.74, 6) is -3.09. The molecule has 0 spiro atoms. The van der Waals surface area contributed by atoms with Gasteiger partial charge < -0.3 is 5.32 Å². The number of hydrogen-bond acceptors (Lipinski definition) is 2. The standard InChI is InChI=1S/C14H16F2N2O/c15-14(16)7-12(17-8-14)13(19)18-11-6-5-9-3-1-2-4-10(9)11/h1-4,11-12,17H,5-8H2,(H,18,19). The zero-order chi connectivity index (χ0) is 13.5. The molecule has 0 radical (unpaired) electrons. The van der Waals surface area contributed by atoms with Gasteiger partial charge in [0.05, 0.1) is 18.6 Å². The molecule has 1 aliphatic heterocycles. The SMILES string of the molecule is O=C(NC1CCc2ccccc21)C1CC(F)(F)CN1. The lowest BCUT2D eigenvalue weighted by Gasteiger charge is -2.17. The maximum atomic E-state index is 13.1. The molecule has 1 heterocycles. The quantitative estimate of drug-likeness (QED) is 0.857. The number of alkyl halides is 2. The van der Waals surface area contributed by atoms with Crippen molar-refractivity contribution in [2.45, 2.75) is 37.3 Å². The van der Waals surface area contributed by atoms with Crippen LogP contribution >= 0.6 is 0 Å². The van der Waals surface area contributed by atoms with Crippen LogP contribution in [0.1, 0.15) is 30.0 Å². The molecule has 3 rings (SSSR count). The van der Waals surface area contributed by atoms with E-state index in [1.165, 1.54) is 5.56 Å². The third-order valence-corrected chi connectivity index (χ3v) is 3.88. The van der Waals surface area contributed by atoms with Crippen molar-refractivity contribution >= 4 is 5.91 Å². The fourth-order valence-electron chi connectivity index (χ4n) is 2.88. The Morgan fingerprint density at radius 1 is 1.37 bits per heavy atom. The molecule has 0 bridgehead atoms. The largest absolute Gasteiger partial charge is 0.348 e. The lowest BCUT2D eigenvalue weighted by atomic mass is 10.1. The average Bonchev–Trinajstić information content (AvgIpc) is 2.94. The van der Waals surface area contributed by atoms with Crippen molar-refractivity contribution in [3.05, 3.63) is 35.4 Å². The maximum Gasteiger partial charge on any atom is 0.262 e. The Balaban J connectivity index is 1.66. The normalized spacial score (nSPS) is 28.1. The molecule has 3 nitrogen and oxygen atoms in total. The summed E-state index contributed by atoms with van der Waals surface area (Å²) < 4.78 is 26.1. The lowest BCUT2D eigenvalue weighted by molar-refractivity contribution is -0.124. The van der Waals surface area contributed by atoms with Crippen molar-refractivity contribution < 1.29 is 13.6 Å². The Morgan fingerprint density at radius 3 is 2.89 bits per heavy atom. The fourth-order valence-corrected chi connectivity index (χ4v) is 2.88. The monoisotopic (exact) mass is 266 g/mol. The number of amides is 1. The molecule has 2 N–H and O–H groups in total. The summed E-state index contributed by atoms with van der Waals surface area (Å²) in [5, 5.41) is 5.46. The van der Waals surface area contributed by atoms with Crippen LogP contribution in [0.25, 0.3) is 0 Å². The summed E-state index contributed by atoms with van der Waals surface area (Å²) in [4.78, 5) is 12.0. The molecule has 0 saturated carbocycles. The van der Waals surface area contributed by atoms with E-state index in [4.69, 9.17) is 0 Å². The van der Waals surface area contributed by atoms with Crippen LogP contribution in [-0.2, 0) is 11.2 Å². The molecule has 1 aromatic carbocycles. The molecule has 1 fully saturated rings. The maximum absolute atomic E-state index is 13.1. The molecular weight excluding hydrogens is 250 g/mol. The number of carbonyl (C=O) groups is 1. The van der Waals surface area contributed by atoms with E-state index in [2.05, 4.69) is 10.6 Å². The molecule has 19 heavy (non-hydrogen) atoms. The van der Waals surface area contributed by atoms with Gasteiger partial charge in [-0.15, -0.1) is 0 Å². The Labute approximate surface area is 110 Å². The molecule has 5 heteroatoms. The Kier molecular flexibility index (Phi) is 3.01. The summed E-state index contributed by atoms with van der Waals surface area (Å²) in [6, 6.07) is 7.13. The van der Waals surface area contributed by atoms with Crippen LogP contribution in [0.3, 0.4) is 0 Å². The molecule has 0 aromatic heterocycles. The lowest BCUT2D eigenvalue weighted by Crippen LogP contribution is -2.41. The zero-order valence-corrected chi connectivity index (χ0v) is 10.5. The number of aryl methyl sites for hydroxylation is 1. The zero-order valence-electron chi connectivity index (χ0n) is 10.5. The van der Waals surface area contributed by atoms with Crippen LogP contribution < -0.4 is 10.6 Å². The molecule has 1 amide bonds. The topological polar surface area (TPSA) is 41.1 Å². The highest BCUT2D eigenvalue weighted by molar-refractivity contribution is 5.82. The molecule has 1 aromatic rings. The smallest absolute Gasteiger partial charge is 0.262 e. The molecular formula is C14H16F2N2O. The number of fused-ring (bicyclic) bond motifs is 1. The number of halogens is 2. The molecule has 1 saturated heterocycles. The highest BCUT2D eigenvalue weighted by Crippen LogP contribution is 2.31. The van der Waals surface area contributed by atoms with Crippen LogP contribution in [0.5, 0.6) is 0 Å². The van der Waals surface area contributed by atoms with E-state index in [1.54, 1.807) is 0 Å². The van der Waals surface area contributed by atoms with Gasteiger partial charge in [0.25, 0.3) is 5.92 Å². The second-order valence-corrected chi connectivity index (χ2v) is 5.29. The Hall–Kier alpha value is -1.49. The van der Waals surface area contributed by atoms with Crippen LogP contribution in [0, 0.1) is 0 Å². The van der Waals surface area contributed by atoms with Gasteiger partial charge in [-0.25, -0.2) is 8.78 Å². The van der Waals surface area contributed by atoms with E-state index >= 15 is 0 Å². The van der Waals surface area contributed by atoms with E-state index in [1.807, 2.05) is 24.3 Å². The average molecular weight is 266 g/mol. The minimum Gasteiger partial charge on any atom is -0.348 e. The minimum absolute atomic E-state index is 0.0419. The van der Waals surface area contributed by atoms with E-state index in [-0.39, 0.29) is 11.9 Å². The van der Waals surface area contributed by atoms with Crippen molar-refractivity contribution in [1.29, 1.82) is 0 Å². The van der Waals surface area contributed by atoms with Gasteiger partial charge in [0.2, 0.25) is 5.91 Å². The third-order valence-electron chi connectivity index (χ3n) is 3.88. The van der Waals surface area contributed by atoms with Crippen molar-refractivity contribution in [3.8, 4) is 0 Å². The number of rotatable bonds is 2. The van der Waals surface area contributed by atoms with Crippen LogP contribution in [0.15, 0.2) is 24.3 Å². The van der Waals surface area contributed by atoms with Crippen molar-refractivity contribution in [3.63, 3.8) is 0 Å². The number of hydrogen-bond donors (Lipinski definition) is 2. The van der Waals surface area contributed by atoms with Gasteiger partial charge >= 0.3 is 0 Å². The summed E-state index contributed by atoms with van der Waals surface area (Å²) in [6.45, 7) is -0.410. The van der Waals surface area contributed by atoms with Gasteiger partial charge in [-0.1, -0.05) is 24.3 Å². The molecule has 2 atom stereocenters. The molecule has 2 aliphatic rings. The summed E-state index contributed by atoms with van der Waals surface area (Å²) in [5.41, 5.74) is 2.35. The van der Waals surface area contributed by atoms with Crippen molar-refractivity contribution in [2.24, 2.45) is 0 Å². The second-order valence-electron chi connectivity index (χ2n) is 5.29. The predicted molar refractivity (Wildman–Crippen MR) is 67.0 cm³/mol. The highest BCUT2D eigenvalue weighted by atomic mass is 19.3. The van der Waals surface area contributed by atoms with Gasteiger partial charge in [-0.05, 0) is 24.0 Å². The summed E-state index contributed by atoms with van der Waals surface area (Å²) >= 11 is 0. The summed E-state index contributed by atoms with van der Waals surface area (Å²) in [6.07, 6.45) is 1.36. The highest BCUT2D eigenvalue weighted by Gasteiger charge is 2.42. The molecule has 102 valence electrons. The van der Waals surface area contributed by atoms with Gasteiger partial charge in [-0.2, -0.15) is 0 Å². The van der Waals surface area contributed by atoms with Gasteiger partial charge in [0.1, 0.15) is 0 Å². The second kappa shape index (κ2) is 4.56. The van der Waals surface area contributed by atoms with E-state index < -0.39 is 24.9 Å². The first-order chi connectivity index (χ1) is 9.05. The van der Waals surface area contributed by atoms with Crippen molar-refractivity contribution in [2.75, 3.05) is 6.54 Å². The molecule has 1 aliphatic carbocycles. The third kappa shape index (κ3) is 2.47. The van der Waals surface area contributed by atoms with Crippen LogP contribution in [-0.4, -0.2) is 24.4 Å². The first-order valence-corrected chi connectivity index (χ1v) is 6.54. The number of nitrogens with one attached hydrogen (secondary N) is 2. The van der Waals surface area contributed by atoms with Crippen molar-refractivity contribution in [1.82, 2.24) is 10.6 Å². The molecule has 2 unspecified atom stereocenters. The van der Waals surface area contributed by atoms with E-state index in [9.17, 15) is 13.6 Å². The van der Waals surface area contributed by atoms with Gasteiger partial charge in [0, 0.05) is 6.42 Å².